The van der Waals surface area contributed by atoms with Crippen LogP contribution < -0.4 is 5.32 Å². The van der Waals surface area contributed by atoms with Gasteiger partial charge in [0.1, 0.15) is 5.92 Å². The van der Waals surface area contributed by atoms with Crippen molar-refractivity contribution in [2.75, 3.05) is 29.9 Å². The lowest BCUT2D eigenvalue weighted by Gasteiger charge is -2.26. The molecular formula is C29H28BrN3O3S. The van der Waals surface area contributed by atoms with Crippen LogP contribution in [0.15, 0.2) is 76.2 Å². The SMILES string of the molecule is O=C(O)CCc1cccc(C(=Nc2ccc(CN3CCSCC3)cc2)C2C(=O)Nc3cc(Br)ccc32)c1. The minimum atomic E-state index is -0.836. The summed E-state index contributed by atoms with van der Waals surface area (Å²) in [6, 6.07) is 21.7. The number of aliphatic carboxylic acids is 1. The second-order valence-electron chi connectivity index (χ2n) is 9.30. The number of carboxylic acid groups (broad SMARTS) is 1. The molecule has 3 aromatic carbocycles. The van der Waals surface area contributed by atoms with Gasteiger partial charge in [0.15, 0.2) is 0 Å². The number of rotatable bonds is 8. The highest BCUT2D eigenvalue weighted by Gasteiger charge is 2.35. The number of aryl methyl sites for hydroxylation is 1. The van der Waals surface area contributed by atoms with Gasteiger partial charge in [0.05, 0.1) is 11.4 Å². The Balaban J connectivity index is 1.50. The Morgan fingerprint density at radius 3 is 2.59 bits per heavy atom. The molecule has 3 aromatic rings. The predicted molar refractivity (Wildman–Crippen MR) is 153 cm³/mol. The van der Waals surface area contributed by atoms with Gasteiger partial charge in [-0.3, -0.25) is 19.5 Å². The maximum atomic E-state index is 13.2. The van der Waals surface area contributed by atoms with Crippen molar-refractivity contribution >= 4 is 56.7 Å². The number of aliphatic imine (C=N–C) groups is 1. The second kappa shape index (κ2) is 11.6. The van der Waals surface area contributed by atoms with Gasteiger partial charge in [-0.15, -0.1) is 0 Å². The Morgan fingerprint density at radius 1 is 1.05 bits per heavy atom. The highest BCUT2D eigenvalue weighted by atomic mass is 79.9. The number of halogens is 1. The molecule has 8 heteroatoms. The monoisotopic (exact) mass is 577 g/mol. The van der Waals surface area contributed by atoms with Gasteiger partial charge in [-0.05, 0) is 59.0 Å². The lowest BCUT2D eigenvalue weighted by Crippen LogP contribution is -2.31. The van der Waals surface area contributed by atoms with Gasteiger partial charge < -0.3 is 10.4 Å². The van der Waals surface area contributed by atoms with E-state index in [4.69, 9.17) is 10.1 Å². The normalized spacial score (nSPS) is 17.9. The minimum absolute atomic E-state index is 0.0495. The molecule has 37 heavy (non-hydrogen) atoms. The summed E-state index contributed by atoms with van der Waals surface area (Å²) in [5, 5.41) is 12.1. The van der Waals surface area contributed by atoms with E-state index in [0.29, 0.717) is 12.1 Å². The number of carbonyl (C=O) groups is 2. The smallest absolute Gasteiger partial charge is 0.303 e. The van der Waals surface area contributed by atoms with E-state index in [0.717, 1.165) is 52.2 Å². The van der Waals surface area contributed by atoms with Crippen molar-refractivity contribution in [3.63, 3.8) is 0 Å². The molecule has 1 atom stereocenters. The molecule has 1 saturated heterocycles. The van der Waals surface area contributed by atoms with E-state index >= 15 is 0 Å². The standard InChI is InChI=1S/C29H28BrN3O3S/c30-22-7-10-24-25(17-22)32-29(36)27(24)28(21-3-1-2-19(16-21)6-11-26(34)35)31-23-8-4-20(5-9-23)18-33-12-14-37-15-13-33/h1-5,7-10,16-17,27H,6,11-15,18H2,(H,32,36)(H,34,35). The predicted octanol–water partition coefficient (Wildman–Crippen LogP) is 5.87. The van der Waals surface area contributed by atoms with E-state index in [1.54, 1.807) is 0 Å². The molecule has 0 spiro atoms. The van der Waals surface area contributed by atoms with Gasteiger partial charge in [-0.25, -0.2) is 0 Å². The number of benzene rings is 3. The van der Waals surface area contributed by atoms with Gasteiger partial charge in [0.25, 0.3) is 0 Å². The van der Waals surface area contributed by atoms with Crippen LogP contribution in [-0.2, 0) is 22.6 Å². The fourth-order valence-electron chi connectivity index (χ4n) is 4.77. The quantitative estimate of drug-likeness (QED) is 0.327. The van der Waals surface area contributed by atoms with Crippen molar-refractivity contribution < 1.29 is 14.7 Å². The third kappa shape index (κ3) is 6.32. The Kier molecular flexibility index (Phi) is 8.08. The van der Waals surface area contributed by atoms with Crippen molar-refractivity contribution in [1.82, 2.24) is 4.90 Å². The number of carbonyl (C=O) groups excluding carboxylic acids is 1. The highest BCUT2D eigenvalue weighted by molar-refractivity contribution is 9.10. The number of nitrogens with one attached hydrogen (secondary N) is 1. The maximum Gasteiger partial charge on any atom is 0.303 e. The summed E-state index contributed by atoms with van der Waals surface area (Å²) in [7, 11) is 0. The van der Waals surface area contributed by atoms with Crippen molar-refractivity contribution in [2.24, 2.45) is 4.99 Å². The van der Waals surface area contributed by atoms with E-state index in [2.05, 4.69) is 38.3 Å². The van der Waals surface area contributed by atoms with Gasteiger partial charge in [-0.1, -0.05) is 52.3 Å². The van der Waals surface area contributed by atoms with Crippen LogP contribution in [0.5, 0.6) is 0 Å². The average Bonchev–Trinajstić information content (AvgIpc) is 3.22. The third-order valence-corrected chi connectivity index (χ3v) is 8.10. The number of hydrogen-bond acceptors (Lipinski definition) is 5. The van der Waals surface area contributed by atoms with Gasteiger partial charge in [0, 0.05) is 47.7 Å². The molecule has 1 unspecified atom stereocenters. The first-order valence-electron chi connectivity index (χ1n) is 12.4. The van der Waals surface area contributed by atoms with E-state index in [9.17, 15) is 9.59 Å². The van der Waals surface area contributed by atoms with E-state index in [1.165, 1.54) is 17.1 Å². The van der Waals surface area contributed by atoms with Crippen LogP contribution in [-0.4, -0.2) is 52.2 Å². The summed E-state index contributed by atoms with van der Waals surface area (Å²) >= 11 is 5.49. The molecule has 2 N–H and O–H groups in total. The summed E-state index contributed by atoms with van der Waals surface area (Å²) in [6.07, 6.45) is 0.467. The number of anilines is 1. The summed E-state index contributed by atoms with van der Waals surface area (Å²) in [4.78, 5) is 31.8. The number of hydrogen-bond donors (Lipinski definition) is 2. The van der Waals surface area contributed by atoms with Crippen LogP contribution >= 0.6 is 27.7 Å². The fourth-order valence-corrected chi connectivity index (χ4v) is 6.11. The van der Waals surface area contributed by atoms with Crippen LogP contribution in [0, 0.1) is 0 Å². The summed E-state index contributed by atoms with van der Waals surface area (Å²) in [5.41, 5.74) is 6.04. The first-order valence-corrected chi connectivity index (χ1v) is 14.3. The second-order valence-corrected chi connectivity index (χ2v) is 11.4. The number of nitrogens with zero attached hydrogens (tertiary/aromatic N) is 2. The summed E-state index contributed by atoms with van der Waals surface area (Å²) < 4.78 is 0.893. The first-order chi connectivity index (χ1) is 18.0. The van der Waals surface area contributed by atoms with Crippen LogP contribution in [0.4, 0.5) is 11.4 Å². The molecule has 190 valence electrons. The van der Waals surface area contributed by atoms with E-state index in [-0.39, 0.29) is 12.3 Å². The molecular weight excluding hydrogens is 550 g/mol. The fraction of sp³-hybridized carbons (Fsp3) is 0.276. The molecule has 0 aromatic heterocycles. The number of thioether (sulfide) groups is 1. The summed E-state index contributed by atoms with van der Waals surface area (Å²) in [6.45, 7) is 3.15. The number of amides is 1. The Hall–Kier alpha value is -2.94. The Labute approximate surface area is 229 Å². The topological polar surface area (TPSA) is 82.0 Å². The summed E-state index contributed by atoms with van der Waals surface area (Å²) in [5.74, 6) is 0.834. The lowest BCUT2D eigenvalue weighted by molar-refractivity contribution is -0.137. The number of carboxylic acids is 1. The van der Waals surface area contributed by atoms with Crippen LogP contribution in [0.1, 0.15) is 34.6 Å². The molecule has 2 aliphatic heterocycles. The van der Waals surface area contributed by atoms with Crippen molar-refractivity contribution in [1.29, 1.82) is 0 Å². The van der Waals surface area contributed by atoms with Gasteiger partial charge in [-0.2, -0.15) is 11.8 Å². The van der Waals surface area contributed by atoms with Crippen LogP contribution in [0.3, 0.4) is 0 Å². The molecule has 1 amide bonds. The lowest BCUT2D eigenvalue weighted by atomic mass is 9.89. The largest absolute Gasteiger partial charge is 0.481 e. The molecule has 0 radical (unpaired) electrons. The average molecular weight is 579 g/mol. The van der Waals surface area contributed by atoms with Crippen molar-refractivity contribution in [3.05, 3.63) is 93.5 Å². The van der Waals surface area contributed by atoms with Gasteiger partial charge >= 0.3 is 5.97 Å². The van der Waals surface area contributed by atoms with Crippen molar-refractivity contribution in [3.8, 4) is 0 Å². The zero-order valence-electron chi connectivity index (χ0n) is 20.3. The molecule has 6 nitrogen and oxygen atoms in total. The van der Waals surface area contributed by atoms with Crippen LogP contribution in [0.25, 0.3) is 0 Å². The third-order valence-electron chi connectivity index (χ3n) is 6.67. The highest BCUT2D eigenvalue weighted by Crippen LogP contribution is 2.38. The van der Waals surface area contributed by atoms with Crippen molar-refractivity contribution in [2.45, 2.75) is 25.3 Å². The molecule has 2 heterocycles. The van der Waals surface area contributed by atoms with E-state index < -0.39 is 11.9 Å². The molecule has 2 aliphatic rings. The first kappa shape index (κ1) is 25.7. The molecule has 0 bridgehead atoms. The van der Waals surface area contributed by atoms with Gasteiger partial charge in [0.2, 0.25) is 5.91 Å². The molecule has 1 fully saturated rings. The van der Waals surface area contributed by atoms with E-state index in [1.807, 2.05) is 66.4 Å². The number of fused-ring (bicyclic) bond motifs is 1. The Morgan fingerprint density at radius 2 is 1.84 bits per heavy atom. The zero-order chi connectivity index (χ0) is 25.8. The zero-order valence-corrected chi connectivity index (χ0v) is 22.7. The maximum absolute atomic E-state index is 13.2. The molecule has 0 saturated carbocycles. The molecule has 5 rings (SSSR count). The minimum Gasteiger partial charge on any atom is -0.481 e. The Bertz CT molecular complexity index is 1340. The van der Waals surface area contributed by atoms with Crippen LogP contribution in [0.2, 0.25) is 0 Å². The molecule has 0 aliphatic carbocycles.